The molecule has 1 N–H and O–H groups in total. The van der Waals surface area contributed by atoms with E-state index in [1.165, 1.54) is 24.8 Å². The third-order valence-electron chi connectivity index (χ3n) is 2.91. The maximum atomic E-state index is 6.16. The van der Waals surface area contributed by atoms with Gasteiger partial charge in [0.2, 0.25) is 0 Å². The first-order valence-corrected chi connectivity index (χ1v) is 6.05. The summed E-state index contributed by atoms with van der Waals surface area (Å²) in [5.74, 6) is 0.955. The van der Waals surface area contributed by atoms with Gasteiger partial charge in [-0.2, -0.15) is 0 Å². The highest BCUT2D eigenvalue weighted by atomic mass is 35.5. The van der Waals surface area contributed by atoms with E-state index in [1.54, 1.807) is 0 Å². The maximum absolute atomic E-state index is 6.16. The molecule has 1 aromatic rings. The molecule has 1 aliphatic rings. The summed E-state index contributed by atoms with van der Waals surface area (Å²) in [6.07, 6.45) is 4.09. The number of hydrogen-bond acceptors (Lipinski definition) is 1. The molecule has 0 aliphatic heterocycles. The van der Waals surface area contributed by atoms with Crippen LogP contribution < -0.4 is 5.32 Å². The minimum absolute atomic E-state index is 0.526. The van der Waals surface area contributed by atoms with E-state index >= 15 is 0 Å². The van der Waals surface area contributed by atoms with Crippen molar-refractivity contribution in [1.29, 1.82) is 0 Å². The standard InChI is InChI=1S/C13H18ClN/c1-9-3-6-13(12(14)7-9)15-10(2)8-11-4-5-11/h3,6-7,10-11,15H,4-5,8H2,1-2H3. The van der Waals surface area contributed by atoms with Crippen LogP contribution in [0.1, 0.15) is 31.7 Å². The summed E-state index contributed by atoms with van der Waals surface area (Å²) in [7, 11) is 0. The molecule has 0 spiro atoms. The van der Waals surface area contributed by atoms with E-state index < -0.39 is 0 Å². The smallest absolute Gasteiger partial charge is 0.0640 e. The van der Waals surface area contributed by atoms with E-state index in [9.17, 15) is 0 Å². The molecule has 1 fully saturated rings. The van der Waals surface area contributed by atoms with Crippen LogP contribution >= 0.6 is 11.6 Å². The minimum Gasteiger partial charge on any atom is -0.381 e. The zero-order valence-corrected chi connectivity index (χ0v) is 10.1. The van der Waals surface area contributed by atoms with Crippen LogP contribution in [0, 0.1) is 12.8 Å². The third kappa shape index (κ3) is 3.13. The van der Waals surface area contributed by atoms with Gasteiger partial charge >= 0.3 is 0 Å². The fraction of sp³-hybridized carbons (Fsp3) is 0.538. The van der Waals surface area contributed by atoms with Gasteiger partial charge in [-0.25, -0.2) is 0 Å². The van der Waals surface area contributed by atoms with E-state index in [4.69, 9.17) is 11.6 Å². The molecule has 1 aromatic carbocycles. The van der Waals surface area contributed by atoms with Crippen molar-refractivity contribution in [3.8, 4) is 0 Å². The summed E-state index contributed by atoms with van der Waals surface area (Å²) < 4.78 is 0. The van der Waals surface area contributed by atoms with Crippen molar-refractivity contribution in [2.75, 3.05) is 5.32 Å². The molecular formula is C13H18ClN. The van der Waals surface area contributed by atoms with Crippen LogP contribution in [0.5, 0.6) is 0 Å². The lowest BCUT2D eigenvalue weighted by Crippen LogP contribution is -2.15. The van der Waals surface area contributed by atoms with Gasteiger partial charge in [0.25, 0.3) is 0 Å². The van der Waals surface area contributed by atoms with Crippen molar-refractivity contribution in [3.63, 3.8) is 0 Å². The number of halogens is 1. The number of nitrogens with one attached hydrogen (secondary N) is 1. The molecule has 1 aliphatic carbocycles. The number of benzene rings is 1. The largest absolute Gasteiger partial charge is 0.381 e. The Hall–Kier alpha value is -0.690. The van der Waals surface area contributed by atoms with Crippen LogP contribution in [-0.2, 0) is 0 Å². The molecule has 1 nitrogen and oxygen atoms in total. The molecule has 82 valence electrons. The Labute approximate surface area is 96.8 Å². The minimum atomic E-state index is 0.526. The van der Waals surface area contributed by atoms with Crippen LogP contribution in [0.3, 0.4) is 0 Å². The lowest BCUT2D eigenvalue weighted by atomic mass is 10.1. The van der Waals surface area contributed by atoms with Gasteiger partial charge in [0.1, 0.15) is 0 Å². The molecule has 0 heterocycles. The van der Waals surface area contributed by atoms with E-state index in [0.717, 1.165) is 16.6 Å². The van der Waals surface area contributed by atoms with Gasteiger partial charge in [0, 0.05) is 6.04 Å². The summed E-state index contributed by atoms with van der Waals surface area (Å²) in [5.41, 5.74) is 2.27. The second-order valence-corrected chi connectivity index (χ2v) is 5.11. The summed E-state index contributed by atoms with van der Waals surface area (Å²) in [5, 5.41) is 4.31. The second kappa shape index (κ2) is 4.44. The third-order valence-corrected chi connectivity index (χ3v) is 3.22. The van der Waals surface area contributed by atoms with Gasteiger partial charge in [0.05, 0.1) is 10.7 Å². The average molecular weight is 224 g/mol. The van der Waals surface area contributed by atoms with Crippen LogP contribution in [0.4, 0.5) is 5.69 Å². The highest BCUT2D eigenvalue weighted by molar-refractivity contribution is 6.33. The van der Waals surface area contributed by atoms with Crippen molar-refractivity contribution in [1.82, 2.24) is 0 Å². The van der Waals surface area contributed by atoms with Crippen molar-refractivity contribution < 1.29 is 0 Å². The van der Waals surface area contributed by atoms with Crippen molar-refractivity contribution in [3.05, 3.63) is 28.8 Å². The molecule has 0 amide bonds. The van der Waals surface area contributed by atoms with Gasteiger partial charge in [-0.05, 0) is 43.9 Å². The summed E-state index contributed by atoms with van der Waals surface area (Å²) in [6, 6.07) is 6.70. The lowest BCUT2D eigenvalue weighted by molar-refractivity contribution is 0.642. The van der Waals surface area contributed by atoms with Gasteiger partial charge in [-0.15, -0.1) is 0 Å². The molecule has 0 saturated heterocycles. The summed E-state index contributed by atoms with van der Waals surface area (Å²) >= 11 is 6.16. The monoisotopic (exact) mass is 223 g/mol. The number of rotatable bonds is 4. The zero-order valence-electron chi connectivity index (χ0n) is 9.39. The fourth-order valence-electron chi connectivity index (χ4n) is 1.92. The average Bonchev–Trinajstić information content (AvgIpc) is 2.94. The van der Waals surface area contributed by atoms with E-state index in [1.807, 2.05) is 6.07 Å². The maximum Gasteiger partial charge on any atom is 0.0640 e. The van der Waals surface area contributed by atoms with Gasteiger partial charge in [-0.3, -0.25) is 0 Å². The predicted molar refractivity (Wildman–Crippen MR) is 66.6 cm³/mol. The molecule has 2 heteroatoms. The molecule has 15 heavy (non-hydrogen) atoms. The Morgan fingerprint density at radius 3 is 2.80 bits per heavy atom. The topological polar surface area (TPSA) is 12.0 Å². The fourth-order valence-corrected chi connectivity index (χ4v) is 2.20. The molecule has 2 rings (SSSR count). The lowest BCUT2D eigenvalue weighted by Gasteiger charge is -2.16. The van der Waals surface area contributed by atoms with Crippen LogP contribution in [0.25, 0.3) is 0 Å². The Bertz CT molecular complexity index is 344. The first kappa shape index (κ1) is 10.8. The van der Waals surface area contributed by atoms with Gasteiger partial charge in [0.15, 0.2) is 0 Å². The Balaban J connectivity index is 1.96. The predicted octanol–water partition coefficient (Wildman–Crippen LogP) is 4.25. The van der Waals surface area contributed by atoms with Crippen LogP contribution in [0.15, 0.2) is 18.2 Å². The molecule has 0 bridgehead atoms. The SMILES string of the molecule is Cc1ccc(NC(C)CC2CC2)c(Cl)c1. The quantitative estimate of drug-likeness (QED) is 0.805. The number of aryl methyl sites for hydroxylation is 1. The van der Waals surface area contributed by atoms with E-state index in [0.29, 0.717) is 6.04 Å². The van der Waals surface area contributed by atoms with E-state index in [-0.39, 0.29) is 0 Å². The zero-order chi connectivity index (χ0) is 10.8. The van der Waals surface area contributed by atoms with E-state index in [2.05, 4.69) is 31.3 Å². The highest BCUT2D eigenvalue weighted by Gasteiger charge is 2.23. The first-order chi connectivity index (χ1) is 7.15. The summed E-state index contributed by atoms with van der Waals surface area (Å²) in [6.45, 7) is 4.29. The van der Waals surface area contributed by atoms with Gasteiger partial charge < -0.3 is 5.32 Å². The Morgan fingerprint density at radius 1 is 1.47 bits per heavy atom. The molecule has 1 saturated carbocycles. The Morgan fingerprint density at radius 2 is 2.20 bits per heavy atom. The van der Waals surface area contributed by atoms with Crippen LogP contribution in [0.2, 0.25) is 5.02 Å². The second-order valence-electron chi connectivity index (χ2n) is 4.71. The number of hydrogen-bond donors (Lipinski definition) is 1. The first-order valence-electron chi connectivity index (χ1n) is 5.68. The summed E-state index contributed by atoms with van der Waals surface area (Å²) in [4.78, 5) is 0. The molecule has 0 radical (unpaired) electrons. The molecule has 1 atom stereocenters. The van der Waals surface area contributed by atoms with Gasteiger partial charge in [-0.1, -0.05) is 30.5 Å². The number of anilines is 1. The molecule has 1 unspecified atom stereocenters. The van der Waals surface area contributed by atoms with Crippen molar-refractivity contribution >= 4 is 17.3 Å². The van der Waals surface area contributed by atoms with Crippen molar-refractivity contribution in [2.24, 2.45) is 5.92 Å². The Kier molecular flexibility index (Phi) is 3.20. The molecule has 0 aromatic heterocycles. The molecular weight excluding hydrogens is 206 g/mol. The van der Waals surface area contributed by atoms with Crippen molar-refractivity contribution in [2.45, 2.75) is 39.2 Å². The normalized spacial score (nSPS) is 17.5. The van der Waals surface area contributed by atoms with Crippen LogP contribution in [-0.4, -0.2) is 6.04 Å². The highest BCUT2D eigenvalue weighted by Crippen LogP contribution is 2.34.